The number of unbranched alkanes of at least 4 members (excludes halogenated alkanes) is 2. The van der Waals surface area contributed by atoms with Gasteiger partial charge in [0.1, 0.15) is 0 Å². The zero-order valence-corrected chi connectivity index (χ0v) is 18.3. The Morgan fingerprint density at radius 2 is 1.27 bits per heavy atom. The van der Waals surface area contributed by atoms with Crippen LogP contribution in [0.25, 0.3) is 0 Å². The van der Waals surface area contributed by atoms with Crippen LogP contribution in [0.5, 0.6) is 0 Å². The topological polar surface area (TPSA) is 24.1 Å². The van der Waals surface area contributed by atoms with E-state index in [0.717, 1.165) is 18.4 Å². The molecule has 26 heavy (non-hydrogen) atoms. The zero-order chi connectivity index (χ0) is 19.5. The third kappa shape index (κ3) is 14.3. The highest BCUT2D eigenvalue weighted by molar-refractivity contribution is 5.13. The second kappa shape index (κ2) is 18.9. The van der Waals surface area contributed by atoms with Crippen LogP contribution in [0.3, 0.4) is 0 Å². The van der Waals surface area contributed by atoms with E-state index >= 15 is 0 Å². The fourth-order valence-corrected chi connectivity index (χ4v) is 3.18. The average Bonchev–Trinajstić information content (AvgIpc) is 2.68. The molecule has 0 aromatic heterocycles. The molecule has 0 saturated carbocycles. The van der Waals surface area contributed by atoms with Gasteiger partial charge in [0, 0.05) is 6.54 Å². The van der Waals surface area contributed by atoms with Gasteiger partial charge < -0.3 is 10.6 Å². The minimum absolute atomic E-state index is 0.902. The summed E-state index contributed by atoms with van der Waals surface area (Å²) in [4.78, 5) is 0. The van der Waals surface area contributed by atoms with Crippen LogP contribution in [0.15, 0.2) is 30.3 Å². The minimum atomic E-state index is 0.902. The van der Waals surface area contributed by atoms with E-state index in [2.05, 4.69) is 50.5 Å². The molecule has 0 aliphatic carbocycles. The van der Waals surface area contributed by atoms with Crippen molar-refractivity contribution < 1.29 is 0 Å². The van der Waals surface area contributed by atoms with Gasteiger partial charge in [-0.1, -0.05) is 96.6 Å². The van der Waals surface area contributed by atoms with Crippen LogP contribution in [0.4, 0.5) is 0 Å². The van der Waals surface area contributed by atoms with Crippen molar-refractivity contribution in [2.75, 3.05) is 20.1 Å². The van der Waals surface area contributed by atoms with E-state index in [-0.39, 0.29) is 0 Å². The molecule has 2 atom stereocenters. The highest BCUT2D eigenvalue weighted by Gasteiger charge is 2.08. The summed E-state index contributed by atoms with van der Waals surface area (Å²) in [6, 6.07) is 10.3. The van der Waals surface area contributed by atoms with Gasteiger partial charge in [0.15, 0.2) is 0 Å². The molecule has 0 amide bonds. The molecular formula is C24H46N2. The monoisotopic (exact) mass is 362 g/mol. The lowest BCUT2D eigenvalue weighted by Gasteiger charge is -2.19. The summed E-state index contributed by atoms with van der Waals surface area (Å²) in [5.74, 6) is 1.80. The number of hydrogen-bond donors (Lipinski definition) is 2. The molecule has 0 spiro atoms. The molecule has 0 radical (unpaired) electrons. The van der Waals surface area contributed by atoms with E-state index in [9.17, 15) is 0 Å². The normalized spacial score (nSPS) is 13.0. The largest absolute Gasteiger partial charge is 0.316 e. The van der Waals surface area contributed by atoms with Crippen molar-refractivity contribution >= 4 is 0 Å². The van der Waals surface area contributed by atoms with Gasteiger partial charge in [0.2, 0.25) is 0 Å². The first-order chi connectivity index (χ1) is 12.7. The lowest BCUT2D eigenvalue weighted by atomic mass is 9.97. The molecule has 2 N–H and O–H groups in total. The Kier molecular flexibility index (Phi) is 18.3. The van der Waals surface area contributed by atoms with Crippen molar-refractivity contribution in [3.8, 4) is 0 Å². The van der Waals surface area contributed by atoms with E-state index in [1.165, 1.54) is 70.0 Å². The fraction of sp³-hybridized carbons (Fsp3) is 0.750. The lowest BCUT2D eigenvalue weighted by molar-refractivity contribution is 0.372. The Labute approximate surface area is 164 Å². The maximum Gasteiger partial charge on any atom is 0.0202 e. The van der Waals surface area contributed by atoms with Crippen molar-refractivity contribution in [1.82, 2.24) is 10.6 Å². The van der Waals surface area contributed by atoms with Crippen molar-refractivity contribution in [2.45, 2.75) is 85.6 Å². The second-order valence-electron chi connectivity index (χ2n) is 7.51. The van der Waals surface area contributed by atoms with Crippen molar-refractivity contribution in [3.63, 3.8) is 0 Å². The first kappa shape index (κ1) is 25.1. The SMILES string of the molecule is CCCCC(CC)CNCC(CC)CCCC.CNCc1ccccc1. The standard InChI is InChI=1S/C16H35N.C8H11N/c1-5-9-11-15(7-3)13-17-14-16(8-4)12-10-6-2;1-9-7-8-5-3-2-4-6-8/h15-17H,5-14H2,1-4H3;2-6,9H,7H2,1H3. The number of rotatable bonds is 14. The van der Waals surface area contributed by atoms with Gasteiger partial charge in [0.05, 0.1) is 0 Å². The molecule has 0 fully saturated rings. The van der Waals surface area contributed by atoms with E-state index < -0.39 is 0 Å². The third-order valence-corrected chi connectivity index (χ3v) is 5.18. The van der Waals surface area contributed by atoms with E-state index in [1.54, 1.807) is 0 Å². The first-order valence-electron chi connectivity index (χ1n) is 11.1. The zero-order valence-electron chi connectivity index (χ0n) is 18.3. The molecule has 2 heteroatoms. The lowest BCUT2D eigenvalue weighted by Crippen LogP contribution is -2.28. The highest BCUT2D eigenvalue weighted by Crippen LogP contribution is 2.13. The first-order valence-corrected chi connectivity index (χ1v) is 11.1. The Hall–Kier alpha value is -0.860. The van der Waals surface area contributed by atoms with E-state index in [4.69, 9.17) is 0 Å². The number of nitrogens with one attached hydrogen (secondary N) is 2. The van der Waals surface area contributed by atoms with Crippen LogP contribution >= 0.6 is 0 Å². The molecule has 0 saturated heterocycles. The smallest absolute Gasteiger partial charge is 0.0202 e. The fourth-order valence-electron chi connectivity index (χ4n) is 3.18. The molecule has 0 bridgehead atoms. The molecule has 2 nitrogen and oxygen atoms in total. The number of hydrogen-bond acceptors (Lipinski definition) is 2. The third-order valence-electron chi connectivity index (χ3n) is 5.18. The Bertz CT molecular complexity index is 361. The minimum Gasteiger partial charge on any atom is -0.316 e. The molecular weight excluding hydrogens is 316 g/mol. The van der Waals surface area contributed by atoms with Crippen LogP contribution < -0.4 is 10.6 Å². The predicted molar refractivity (Wildman–Crippen MR) is 119 cm³/mol. The van der Waals surface area contributed by atoms with Gasteiger partial charge >= 0.3 is 0 Å². The molecule has 0 aliphatic rings. The van der Waals surface area contributed by atoms with E-state index in [0.29, 0.717) is 0 Å². The summed E-state index contributed by atoms with van der Waals surface area (Å²) < 4.78 is 0. The Morgan fingerprint density at radius 1 is 0.769 bits per heavy atom. The molecule has 1 aromatic rings. The second-order valence-corrected chi connectivity index (χ2v) is 7.51. The van der Waals surface area contributed by atoms with Crippen molar-refractivity contribution in [2.24, 2.45) is 11.8 Å². The summed E-state index contributed by atoms with van der Waals surface area (Å²) >= 11 is 0. The molecule has 152 valence electrons. The Balaban J connectivity index is 0.000000577. The molecule has 0 heterocycles. The summed E-state index contributed by atoms with van der Waals surface area (Å²) in [5.41, 5.74) is 1.33. The van der Waals surface area contributed by atoms with Crippen LogP contribution in [0.2, 0.25) is 0 Å². The highest BCUT2D eigenvalue weighted by atomic mass is 14.9. The molecule has 0 aliphatic heterocycles. The van der Waals surface area contributed by atoms with Crippen molar-refractivity contribution in [3.05, 3.63) is 35.9 Å². The maximum atomic E-state index is 3.71. The average molecular weight is 363 g/mol. The molecule has 1 aromatic carbocycles. The summed E-state index contributed by atoms with van der Waals surface area (Å²) in [6.07, 6.45) is 10.9. The van der Waals surface area contributed by atoms with E-state index in [1.807, 2.05) is 25.2 Å². The van der Waals surface area contributed by atoms with Gasteiger partial charge in [0.25, 0.3) is 0 Å². The van der Waals surface area contributed by atoms with Crippen molar-refractivity contribution in [1.29, 1.82) is 0 Å². The number of benzene rings is 1. The molecule has 1 rings (SSSR count). The Morgan fingerprint density at radius 3 is 1.65 bits per heavy atom. The van der Waals surface area contributed by atoms with Crippen LogP contribution in [-0.2, 0) is 6.54 Å². The van der Waals surface area contributed by atoms with Gasteiger partial charge in [-0.15, -0.1) is 0 Å². The summed E-state index contributed by atoms with van der Waals surface area (Å²) in [7, 11) is 1.95. The molecule has 2 unspecified atom stereocenters. The quantitative estimate of drug-likeness (QED) is 0.399. The van der Waals surface area contributed by atoms with Gasteiger partial charge in [-0.2, -0.15) is 0 Å². The maximum absolute atomic E-state index is 3.71. The summed E-state index contributed by atoms with van der Waals surface area (Å²) in [6.45, 7) is 12.7. The predicted octanol–water partition coefficient (Wildman–Crippen LogP) is 6.41. The summed E-state index contributed by atoms with van der Waals surface area (Å²) in [5, 5.41) is 6.79. The van der Waals surface area contributed by atoms with Crippen LogP contribution in [0.1, 0.15) is 84.6 Å². The van der Waals surface area contributed by atoms with Gasteiger partial charge in [-0.3, -0.25) is 0 Å². The van der Waals surface area contributed by atoms with Gasteiger partial charge in [-0.25, -0.2) is 0 Å². The van der Waals surface area contributed by atoms with Gasteiger partial charge in [-0.05, 0) is 50.4 Å². The van der Waals surface area contributed by atoms with Crippen LogP contribution in [0, 0.1) is 11.8 Å². The van der Waals surface area contributed by atoms with Crippen LogP contribution in [-0.4, -0.2) is 20.1 Å².